The van der Waals surface area contributed by atoms with Crippen LogP contribution in [-0.2, 0) is 0 Å². The Kier molecular flexibility index (Phi) is 4.59. The van der Waals surface area contributed by atoms with E-state index in [2.05, 4.69) is 31.9 Å². The predicted octanol–water partition coefficient (Wildman–Crippen LogP) is 3.60. The van der Waals surface area contributed by atoms with Crippen molar-refractivity contribution in [2.45, 2.75) is 0 Å². The number of rotatable bonds is 3. The highest BCUT2D eigenvalue weighted by Crippen LogP contribution is 2.34. The first kappa shape index (κ1) is 15.5. The monoisotopic (exact) mass is 413 g/mol. The molecule has 0 aliphatic heterocycles. The van der Waals surface area contributed by atoms with Crippen molar-refractivity contribution in [1.82, 2.24) is 0 Å². The molecule has 108 valence electrons. The smallest absolute Gasteiger partial charge is 0.269 e. The van der Waals surface area contributed by atoms with Crippen LogP contribution in [0.3, 0.4) is 0 Å². The van der Waals surface area contributed by atoms with Gasteiger partial charge in [0.1, 0.15) is 6.09 Å². The van der Waals surface area contributed by atoms with Crippen molar-refractivity contribution in [3.63, 3.8) is 0 Å². The molecule has 8 heteroatoms. The van der Waals surface area contributed by atoms with Crippen LogP contribution in [0.2, 0.25) is 0 Å². The van der Waals surface area contributed by atoms with Crippen molar-refractivity contribution in [2.75, 3.05) is 4.90 Å². The van der Waals surface area contributed by atoms with E-state index in [9.17, 15) is 20.0 Å². The van der Waals surface area contributed by atoms with Crippen molar-refractivity contribution < 1.29 is 14.8 Å². The number of anilines is 2. The lowest BCUT2D eigenvalue weighted by Gasteiger charge is -2.26. The first-order chi connectivity index (χ1) is 9.90. The van der Waals surface area contributed by atoms with Crippen LogP contribution >= 0.6 is 31.9 Å². The third-order valence-electron chi connectivity index (χ3n) is 2.65. The Morgan fingerprint density at radius 1 is 1.10 bits per heavy atom. The van der Waals surface area contributed by atoms with Gasteiger partial charge >= 0.3 is 0 Å². The van der Waals surface area contributed by atoms with Crippen LogP contribution in [0.1, 0.15) is 0 Å². The summed E-state index contributed by atoms with van der Waals surface area (Å²) in [5.41, 5.74) is 0.489. The van der Waals surface area contributed by atoms with Gasteiger partial charge in [0.25, 0.3) is 5.69 Å². The summed E-state index contributed by atoms with van der Waals surface area (Å²) in [6.07, 6.45) is -1.44. The van der Waals surface area contributed by atoms with Crippen LogP contribution in [-0.4, -0.2) is 11.0 Å². The van der Waals surface area contributed by atoms with E-state index in [-0.39, 0.29) is 11.4 Å². The van der Waals surface area contributed by atoms with E-state index < -0.39 is 11.0 Å². The number of carbonyl (C=O) groups excluding carboxylic acids is 1. The molecule has 0 fully saturated rings. The van der Waals surface area contributed by atoms with E-state index in [1.807, 2.05) is 0 Å². The third-order valence-corrected chi connectivity index (χ3v) is 3.78. The summed E-state index contributed by atoms with van der Waals surface area (Å²) in [5.74, 6) is 0. The number of nitrogens with zero attached hydrogens (tertiary/aromatic N) is 2. The third kappa shape index (κ3) is 3.40. The van der Waals surface area contributed by atoms with Crippen LogP contribution in [0, 0.1) is 10.1 Å². The van der Waals surface area contributed by atoms with Crippen LogP contribution in [0.5, 0.6) is 0 Å². The summed E-state index contributed by atoms with van der Waals surface area (Å²) < 4.78 is 1.32. The predicted molar refractivity (Wildman–Crippen MR) is 82.5 cm³/mol. The minimum Gasteiger partial charge on any atom is -0.529 e. The molecule has 0 unspecified atom stereocenters. The highest BCUT2D eigenvalue weighted by Gasteiger charge is 2.15. The molecular formula is C13H7Br2N2O4-. The highest BCUT2D eigenvalue weighted by atomic mass is 79.9. The van der Waals surface area contributed by atoms with Gasteiger partial charge in [0.05, 0.1) is 10.6 Å². The Morgan fingerprint density at radius 2 is 1.71 bits per heavy atom. The number of hydrogen-bond acceptors (Lipinski definition) is 4. The van der Waals surface area contributed by atoms with Crippen molar-refractivity contribution in [3.8, 4) is 0 Å². The second-order valence-corrected chi connectivity index (χ2v) is 5.74. The molecule has 2 rings (SSSR count). The molecule has 0 saturated heterocycles. The van der Waals surface area contributed by atoms with Crippen LogP contribution in [0.25, 0.3) is 0 Å². The van der Waals surface area contributed by atoms with Gasteiger partial charge in [-0.05, 0) is 46.3 Å². The molecule has 0 bridgehead atoms. The molecule has 0 atom stereocenters. The van der Waals surface area contributed by atoms with Crippen LogP contribution in [0.15, 0.2) is 51.4 Å². The summed E-state index contributed by atoms with van der Waals surface area (Å²) in [6.45, 7) is 0. The lowest BCUT2D eigenvalue weighted by molar-refractivity contribution is -0.384. The zero-order valence-electron chi connectivity index (χ0n) is 10.3. The fourth-order valence-corrected chi connectivity index (χ4v) is 2.95. The zero-order valence-corrected chi connectivity index (χ0v) is 13.5. The minimum absolute atomic E-state index is 0.119. The van der Waals surface area contributed by atoms with Gasteiger partial charge in [0, 0.05) is 26.8 Å². The summed E-state index contributed by atoms with van der Waals surface area (Å²) in [7, 11) is 0. The highest BCUT2D eigenvalue weighted by molar-refractivity contribution is 9.11. The van der Waals surface area contributed by atoms with Gasteiger partial charge < -0.3 is 9.90 Å². The van der Waals surface area contributed by atoms with Gasteiger partial charge in [-0.1, -0.05) is 15.9 Å². The number of carboxylic acid groups (broad SMARTS) is 1. The zero-order chi connectivity index (χ0) is 15.6. The normalized spacial score (nSPS) is 10.2. The van der Waals surface area contributed by atoms with Crippen molar-refractivity contribution in [3.05, 3.63) is 61.5 Å². The first-order valence-corrected chi connectivity index (χ1v) is 7.19. The Bertz CT molecular complexity index is 704. The maximum absolute atomic E-state index is 11.4. The summed E-state index contributed by atoms with van der Waals surface area (Å²) >= 11 is 6.56. The molecule has 0 aliphatic carbocycles. The number of amides is 1. The standard InChI is InChI=1S/C13H8Br2N2O4/c14-8-1-6-12(11(15)7-8)16(13(18)19)9-2-4-10(5-3-9)17(20)21/h1-7H,(H,18,19)/p-1. The molecule has 6 nitrogen and oxygen atoms in total. The fourth-order valence-electron chi connectivity index (χ4n) is 1.73. The maximum atomic E-state index is 11.4. The van der Waals surface area contributed by atoms with Crippen LogP contribution in [0.4, 0.5) is 21.9 Å². The minimum atomic E-state index is -1.44. The molecule has 2 aromatic rings. The second-order valence-electron chi connectivity index (χ2n) is 3.97. The van der Waals surface area contributed by atoms with Gasteiger partial charge in [-0.25, -0.2) is 0 Å². The molecule has 0 radical (unpaired) electrons. The number of benzene rings is 2. The van der Waals surface area contributed by atoms with Crippen molar-refractivity contribution in [2.24, 2.45) is 0 Å². The second kappa shape index (κ2) is 6.23. The average Bonchev–Trinajstić information content (AvgIpc) is 2.42. The van der Waals surface area contributed by atoms with E-state index in [0.29, 0.717) is 10.2 Å². The number of non-ortho nitro benzene ring substituents is 1. The molecular weight excluding hydrogens is 408 g/mol. The summed E-state index contributed by atoms with van der Waals surface area (Å²) in [4.78, 5) is 22.4. The van der Waals surface area contributed by atoms with E-state index in [1.165, 1.54) is 24.3 Å². The number of halogens is 2. The van der Waals surface area contributed by atoms with Gasteiger partial charge in [-0.15, -0.1) is 0 Å². The van der Waals surface area contributed by atoms with E-state index in [0.717, 1.165) is 9.37 Å². The number of hydrogen-bond donors (Lipinski definition) is 0. The molecule has 0 aromatic heterocycles. The number of nitro groups is 1. The molecule has 0 heterocycles. The summed E-state index contributed by atoms with van der Waals surface area (Å²) in [5, 5.41) is 22.0. The molecule has 0 aliphatic rings. The molecule has 21 heavy (non-hydrogen) atoms. The molecule has 0 saturated carbocycles. The summed E-state index contributed by atoms with van der Waals surface area (Å²) in [6, 6.07) is 10.1. The van der Waals surface area contributed by atoms with Crippen LogP contribution < -0.4 is 10.0 Å². The molecule has 1 amide bonds. The Balaban J connectivity index is 2.48. The SMILES string of the molecule is O=C([O-])N(c1ccc([N+](=O)[O-])cc1)c1ccc(Br)cc1Br. The Hall–Kier alpha value is -1.93. The molecule has 0 spiro atoms. The van der Waals surface area contributed by atoms with E-state index in [1.54, 1.807) is 18.2 Å². The largest absolute Gasteiger partial charge is 0.529 e. The lowest BCUT2D eigenvalue weighted by Crippen LogP contribution is -2.38. The molecule has 2 aromatic carbocycles. The first-order valence-electron chi connectivity index (χ1n) is 5.61. The average molecular weight is 415 g/mol. The van der Waals surface area contributed by atoms with Crippen molar-refractivity contribution in [1.29, 1.82) is 0 Å². The quantitative estimate of drug-likeness (QED) is 0.567. The fraction of sp³-hybridized carbons (Fsp3) is 0. The molecule has 0 N–H and O–H groups in total. The number of carbonyl (C=O) groups is 1. The van der Waals surface area contributed by atoms with E-state index in [4.69, 9.17) is 0 Å². The van der Waals surface area contributed by atoms with Gasteiger partial charge in [-0.3, -0.25) is 15.0 Å². The Labute approximate surface area is 136 Å². The van der Waals surface area contributed by atoms with E-state index >= 15 is 0 Å². The topological polar surface area (TPSA) is 86.5 Å². The van der Waals surface area contributed by atoms with Crippen molar-refractivity contribution >= 4 is 55.0 Å². The Morgan fingerprint density at radius 3 is 2.19 bits per heavy atom. The maximum Gasteiger partial charge on any atom is 0.269 e. The van der Waals surface area contributed by atoms with Gasteiger partial charge in [-0.2, -0.15) is 0 Å². The van der Waals surface area contributed by atoms with Gasteiger partial charge in [0.15, 0.2) is 0 Å². The number of nitro benzene ring substituents is 1. The van der Waals surface area contributed by atoms with Gasteiger partial charge in [0.2, 0.25) is 0 Å². The lowest BCUT2D eigenvalue weighted by atomic mass is 10.2.